The van der Waals surface area contributed by atoms with Gasteiger partial charge in [-0.15, -0.1) is 0 Å². The molecule has 2 aliphatic rings. The van der Waals surface area contributed by atoms with Gasteiger partial charge in [0, 0.05) is 25.0 Å². The minimum absolute atomic E-state index is 0.0633. The first-order valence-electron chi connectivity index (χ1n) is 9.44. The lowest BCUT2D eigenvalue weighted by Crippen LogP contribution is -2.49. The summed E-state index contributed by atoms with van der Waals surface area (Å²) in [5.41, 5.74) is 1.14. The maximum atomic E-state index is 12.6. The molecule has 26 heavy (non-hydrogen) atoms. The van der Waals surface area contributed by atoms with Crippen molar-refractivity contribution in [2.24, 2.45) is 5.92 Å². The molecule has 1 aromatic rings. The summed E-state index contributed by atoms with van der Waals surface area (Å²) in [7, 11) is 1.66. The van der Waals surface area contributed by atoms with Crippen LogP contribution in [0.4, 0.5) is 4.79 Å². The molecule has 0 bridgehead atoms. The highest BCUT2D eigenvalue weighted by Crippen LogP contribution is 2.41. The fraction of sp³-hybridized carbons (Fsp3) is 0.600. The Morgan fingerprint density at radius 1 is 1.31 bits per heavy atom. The summed E-state index contributed by atoms with van der Waals surface area (Å²) in [6.07, 6.45) is 5.77. The SMILES string of the molecule is COc1cccc(C2(CNC(=O)N3CCCC(C(=O)O)C3)CCCC2)c1. The Hall–Kier alpha value is -2.24. The van der Waals surface area contributed by atoms with E-state index in [2.05, 4.69) is 17.4 Å². The number of methoxy groups -OCH3 is 1. The highest BCUT2D eigenvalue weighted by Gasteiger charge is 2.37. The van der Waals surface area contributed by atoms with Gasteiger partial charge in [0.05, 0.1) is 13.0 Å². The van der Waals surface area contributed by atoms with Gasteiger partial charge in [-0.1, -0.05) is 25.0 Å². The van der Waals surface area contributed by atoms with Crippen molar-refractivity contribution in [3.05, 3.63) is 29.8 Å². The van der Waals surface area contributed by atoms with Gasteiger partial charge in [-0.25, -0.2) is 4.79 Å². The van der Waals surface area contributed by atoms with Crippen LogP contribution < -0.4 is 10.1 Å². The van der Waals surface area contributed by atoms with Gasteiger partial charge in [0.25, 0.3) is 0 Å². The molecule has 1 aliphatic carbocycles. The fourth-order valence-electron chi connectivity index (χ4n) is 4.29. The molecule has 1 atom stereocenters. The van der Waals surface area contributed by atoms with Crippen LogP contribution >= 0.6 is 0 Å². The van der Waals surface area contributed by atoms with Crippen molar-refractivity contribution in [1.82, 2.24) is 10.2 Å². The molecular weight excluding hydrogens is 332 g/mol. The Bertz CT molecular complexity index is 655. The first-order chi connectivity index (χ1) is 12.5. The van der Waals surface area contributed by atoms with Gasteiger partial charge in [-0.05, 0) is 43.4 Å². The largest absolute Gasteiger partial charge is 0.497 e. The van der Waals surface area contributed by atoms with Gasteiger partial charge in [-0.2, -0.15) is 0 Å². The van der Waals surface area contributed by atoms with E-state index in [1.165, 1.54) is 5.56 Å². The number of hydrogen-bond donors (Lipinski definition) is 2. The van der Waals surface area contributed by atoms with Gasteiger partial charge >= 0.3 is 12.0 Å². The third kappa shape index (κ3) is 3.94. The Balaban J connectivity index is 1.67. The van der Waals surface area contributed by atoms with E-state index in [4.69, 9.17) is 4.74 Å². The van der Waals surface area contributed by atoms with E-state index in [1.807, 2.05) is 12.1 Å². The first-order valence-corrected chi connectivity index (χ1v) is 9.44. The highest BCUT2D eigenvalue weighted by molar-refractivity contribution is 5.76. The molecular formula is C20H28N2O4. The number of carbonyl (C=O) groups is 2. The number of carboxylic acid groups (broad SMARTS) is 1. The number of piperidine rings is 1. The number of carbonyl (C=O) groups excluding carboxylic acids is 1. The van der Waals surface area contributed by atoms with E-state index in [1.54, 1.807) is 12.0 Å². The van der Waals surface area contributed by atoms with E-state index in [0.29, 0.717) is 26.1 Å². The van der Waals surface area contributed by atoms with E-state index in [9.17, 15) is 14.7 Å². The zero-order valence-corrected chi connectivity index (χ0v) is 15.4. The van der Waals surface area contributed by atoms with Gasteiger partial charge in [0.2, 0.25) is 0 Å². The third-order valence-corrected chi connectivity index (χ3v) is 5.88. The quantitative estimate of drug-likeness (QED) is 0.846. The molecule has 1 unspecified atom stereocenters. The van der Waals surface area contributed by atoms with Crippen LogP contribution in [0.3, 0.4) is 0 Å². The number of hydrogen-bond acceptors (Lipinski definition) is 3. The zero-order chi connectivity index (χ0) is 18.6. The molecule has 0 aromatic heterocycles. The summed E-state index contributed by atoms with van der Waals surface area (Å²) in [4.78, 5) is 25.5. The lowest BCUT2D eigenvalue weighted by molar-refractivity contribution is -0.143. The molecule has 0 radical (unpaired) electrons. The smallest absolute Gasteiger partial charge is 0.317 e. The second-order valence-electron chi connectivity index (χ2n) is 7.50. The zero-order valence-electron chi connectivity index (χ0n) is 15.4. The molecule has 142 valence electrons. The Labute approximate surface area is 154 Å². The Morgan fingerprint density at radius 3 is 2.77 bits per heavy atom. The van der Waals surface area contributed by atoms with Crippen LogP contribution in [-0.2, 0) is 10.2 Å². The topological polar surface area (TPSA) is 78.9 Å². The second kappa shape index (κ2) is 7.98. The van der Waals surface area contributed by atoms with Crippen LogP contribution in [0.25, 0.3) is 0 Å². The number of nitrogens with zero attached hydrogens (tertiary/aromatic N) is 1. The van der Waals surface area contributed by atoms with Crippen LogP contribution in [0, 0.1) is 5.92 Å². The van der Waals surface area contributed by atoms with Crippen LogP contribution in [0.1, 0.15) is 44.1 Å². The first kappa shape index (κ1) is 18.5. The van der Waals surface area contributed by atoms with Crippen LogP contribution in [0.15, 0.2) is 24.3 Å². The lowest BCUT2D eigenvalue weighted by atomic mass is 9.78. The minimum atomic E-state index is -0.814. The van der Waals surface area contributed by atoms with E-state index in [-0.39, 0.29) is 11.4 Å². The fourth-order valence-corrected chi connectivity index (χ4v) is 4.29. The number of carboxylic acids is 1. The monoisotopic (exact) mass is 360 g/mol. The van der Waals surface area contributed by atoms with Crippen molar-refractivity contribution in [3.63, 3.8) is 0 Å². The molecule has 1 saturated heterocycles. The van der Waals surface area contributed by atoms with Crippen LogP contribution in [0.2, 0.25) is 0 Å². The van der Waals surface area contributed by atoms with E-state index in [0.717, 1.165) is 37.9 Å². The molecule has 2 N–H and O–H groups in total. The summed E-state index contributed by atoms with van der Waals surface area (Å²) >= 11 is 0. The summed E-state index contributed by atoms with van der Waals surface area (Å²) in [5, 5.41) is 12.3. The number of urea groups is 1. The van der Waals surface area contributed by atoms with Crippen molar-refractivity contribution in [1.29, 1.82) is 0 Å². The number of likely N-dealkylation sites (tertiary alicyclic amines) is 1. The highest BCUT2D eigenvalue weighted by atomic mass is 16.5. The summed E-state index contributed by atoms with van der Waals surface area (Å²) < 4.78 is 5.36. The average Bonchev–Trinajstić information content (AvgIpc) is 3.16. The molecule has 1 saturated carbocycles. The summed E-state index contributed by atoms with van der Waals surface area (Å²) in [5.74, 6) is -0.431. The number of nitrogens with one attached hydrogen (secondary N) is 1. The normalized spacial score (nSPS) is 22.0. The van der Waals surface area contributed by atoms with Crippen molar-refractivity contribution in [3.8, 4) is 5.75 Å². The predicted molar refractivity (Wildman–Crippen MR) is 98.5 cm³/mol. The summed E-state index contributed by atoms with van der Waals surface area (Å²) in [6, 6.07) is 7.97. The summed E-state index contributed by atoms with van der Waals surface area (Å²) in [6.45, 7) is 1.50. The predicted octanol–water partition coefficient (Wildman–Crippen LogP) is 3.01. The molecule has 1 heterocycles. The van der Waals surface area contributed by atoms with E-state index >= 15 is 0 Å². The number of ether oxygens (including phenoxy) is 1. The standard InChI is InChI=1S/C20H28N2O4/c1-26-17-8-4-7-16(12-17)20(9-2-3-10-20)14-21-19(25)22-11-5-6-15(13-22)18(23)24/h4,7-8,12,15H,2-3,5-6,9-11,13-14H2,1H3,(H,21,25)(H,23,24). The van der Waals surface area contributed by atoms with Crippen molar-refractivity contribution < 1.29 is 19.4 Å². The molecule has 0 spiro atoms. The van der Waals surface area contributed by atoms with Crippen molar-refractivity contribution >= 4 is 12.0 Å². The molecule has 2 fully saturated rings. The van der Waals surface area contributed by atoms with Crippen molar-refractivity contribution in [2.75, 3.05) is 26.7 Å². The second-order valence-corrected chi connectivity index (χ2v) is 7.50. The molecule has 1 aromatic carbocycles. The molecule has 2 amide bonds. The van der Waals surface area contributed by atoms with Gasteiger partial charge in [-0.3, -0.25) is 4.79 Å². The maximum absolute atomic E-state index is 12.6. The number of rotatable bonds is 5. The van der Waals surface area contributed by atoms with Gasteiger partial charge < -0.3 is 20.1 Å². The number of aliphatic carboxylic acids is 1. The molecule has 6 heteroatoms. The van der Waals surface area contributed by atoms with Gasteiger partial charge in [0.1, 0.15) is 5.75 Å². The van der Waals surface area contributed by atoms with Crippen molar-refractivity contribution in [2.45, 2.75) is 43.9 Å². The average molecular weight is 360 g/mol. The Kier molecular flexibility index (Phi) is 5.69. The van der Waals surface area contributed by atoms with E-state index < -0.39 is 11.9 Å². The molecule has 3 rings (SSSR count). The molecule has 1 aliphatic heterocycles. The van der Waals surface area contributed by atoms with Crippen LogP contribution in [0.5, 0.6) is 5.75 Å². The maximum Gasteiger partial charge on any atom is 0.317 e. The third-order valence-electron chi connectivity index (χ3n) is 5.88. The van der Waals surface area contributed by atoms with Crippen LogP contribution in [-0.4, -0.2) is 48.8 Å². The minimum Gasteiger partial charge on any atom is -0.497 e. The Morgan fingerprint density at radius 2 is 2.08 bits per heavy atom. The number of benzene rings is 1. The lowest BCUT2D eigenvalue weighted by Gasteiger charge is -2.34. The van der Waals surface area contributed by atoms with Gasteiger partial charge in [0.15, 0.2) is 0 Å². The number of amides is 2. The molecule has 6 nitrogen and oxygen atoms in total.